The van der Waals surface area contributed by atoms with Crippen molar-refractivity contribution in [2.24, 2.45) is 0 Å². The molecule has 5 heteroatoms. The van der Waals surface area contributed by atoms with Crippen LogP contribution in [-0.4, -0.2) is 25.8 Å². The van der Waals surface area contributed by atoms with Crippen LogP contribution in [0.15, 0.2) is 60.7 Å². The first-order chi connectivity index (χ1) is 16.6. The van der Waals surface area contributed by atoms with Gasteiger partial charge in [0.25, 0.3) is 0 Å². The van der Waals surface area contributed by atoms with Gasteiger partial charge in [0.2, 0.25) is 0 Å². The Bertz CT molecular complexity index is 917. The molecule has 0 atom stereocenters. The molecular weight excluding hydrogens is 480 g/mol. The van der Waals surface area contributed by atoms with Crippen LogP contribution in [-0.2, 0) is 26.7 Å². The van der Waals surface area contributed by atoms with Crippen molar-refractivity contribution in [2.45, 2.75) is 0 Å². The fraction of sp³-hybridized carbons (Fsp3) is 0.0667. The average Bonchev–Trinajstić information content (AvgIpc) is 3.61. The molecule has 0 aliphatic heterocycles. The first kappa shape index (κ1) is 28.6. The molecule has 0 bridgehead atoms. The van der Waals surface area contributed by atoms with Crippen LogP contribution in [0.1, 0.15) is 11.1 Å². The Morgan fingerprint density at radius 2 is 1.00 bits per heavy atom. The van der Waals surface area contributed by atoms with Crippen molar-refractivity contribution in [1.82, 2.24) is 0 Å². The second kappa shape index (κ2) is 15.4. The van der Waals surface area contributed by atoms with E-state index in [-0.39, 0.29) is 28.6 Å². The summed E-state index contributed by atoms with van der Waals surface area (Å²) in [5.41, 5.74) is 1.90. The molecule has 0 N–H and O–H groups in total. The Kier molecular flexibility index (Phi) is 12.6. The van der Waals surface area contributed by atoms with Crippen LogP contribution in [0.3, 0.4) is 0 Å². The van der Waals surface area contributed by atoms with Crippen molar-refractivity contribution in [3.8, 4) is 11.5 Å². The zero-order valence-electron chi connectivity index (χ0n) is 19.5. The molecule has 2 aromatic rings. The van der Waals surface area contributed by atoms with Gasteiger partial charge in [0.15, 0.2) is 11.6 Å². The van der Waals surface area contributed by atoms with Crippen LogP contribution in [0, 0.1) is 63.2 Å². The van der Waals surface area contributed by atoms with Crippen LogP contribution in [0.4, 0.5) is 0 Å². The number of hydrogen-bond acceptors (Lipinski definition) is 4. The molecule has 4 rings (SSSR count). The van der Waals surface area contributed by atoms with Crippen molar-refractivity contribution in [2.75, 3.05) is 14.2 Å². The number of benzene rings is 2. The fourth-order valence-electron chi connectivity index (χ4n) is 3.10. The van der Waals surface area contributed by atoms with Crippen molar-refractivity contribution >= 4 is 23.7 Å². The van der Waals surface area contributed by atoms with Crippen molar-refractivity contribution in [3.05, 3.63) is 135 Å². The van der Waals surface area contributed by atoms with Gasteiger partial charge in [-0.25, -0.2) is 0 Å². The maximum atomic E-state index is 11.7. The summed E-state index contributed by atoms with van der Waals surface area (Å²) >= 11 is 0. The second-order valence-corrected chi connectivity index (χ2v) is 7.30. The molecule has 4 nitrogen and oxygen atoms in total. The zero-order chi connectivity index (χ0) is 24.2. The van der Waals surface area contributed by atoms with Gasteiger partial charge >= 0.3 is 17.1 Å². The number of methoxy groups -OCH3 is 2. The molecule has 2 fully saturated rings. The van der Waals surface area contributed by atoms with E-state index in [1.807, 2.05) is 74.2 Å². The van der Waals surface area contributed by atoms with Gasteiger partial charge < -0.3 is 9.47 Å². The topological polar surface area (TPSA) is 52.6 Å². The van der Waals surface area contributed by atoms with Gasteiger partial charge in [-0.3, -0.25) is 9.59 Å². The molecule has 0 spiro atoms. The van der Waals surface area contributed by atoms with Gasteiger partial charge in [0.1, 0.15) is 11.5 Å². The molecule has 176 valence electrons. The Hall–Kier alpha value is -2.62. The molecule has 2 saturated carbocycles. The number of ether oxygens (including phenoxy) is 2. The number of carbonyl (C=O) groups excluding carboxylic acids is 2. The van der Waals surface area contributed by atoms with Gasteiger partial charge in [-0.2, -0.15) is 0 Å². The molecule has 0 aromatic heterocycles. The SMILES string of the molecule is COc1cccc(/C=C/C(=O)[C]2[CH][CH][CH][CH]2)c1.COc1cccc(/C=C/C(=O)[C]2[CH][CH][CH][CH]2)c1.[Fe+2]. The maximum Gasteiger partial charge on any atom is 2.00 e. The fourth-order valence-corrected chi connectivity index (χ4v) is 3.10. The van der Waals surface area contributed by atoms with Crippen molar-refractivity contribution in [1.29, 1.82) is 0 Å². The predicted octanol–water partition coefficient (Wildman–Crippen LogP) is 5.36. The molecule has 0 saturated heterocycles. The predicted molar refractivity (Wildman–Crippen MR) is 135 cm³/mol. The van der Waals surface area contributed by atoms with E-state index in [1.165, 1.54) is 0 Å². The van der Waals surface area contributed by atoms with E-state index in [2.05, 4.69) is 0 Å². The van der Waals surface area contributed by atoms with Crippen LogP contribution in [0.25, 0.3) is 12.2 Å². The summed E-state index contributed by atoms with van der Waals surface area (Å²) in [6, 6.07) is 15.2. The van der Waals surface area contributed by atoms with E-state index in [1.54, 1.807) is 64.2 Å². The van der Waals surface area contributed by atoms with Crippen LogP contribution < -0.4 is 9.47 Å². The number of rotatable bonds is 8. The molecule has 10 radical (unpaired) electrons. The summed E-state index contributed by atoms with van der Waals surface area (Å²) in [6.45, 7) is 0. The minimum atomic E-state index is 0. The standard InChI is InChI=1S/2C15H13O2.Fe/c2*1-17-14-8-4-5-12(11-14)9-10-15(16)13-6-2-3-7-13;/h2*2-11H,1H3;/q;;+2/b2*10-9+;. The Morgan fingerprint density at radius 3 is 1.34 bits per heavy atom. The number of ketones is 2. The minimum absolute atomic E-state index is 0. The molecule has 0 heterocycles. The van der Waals surface area contributed by atoms with E-state index in [9.17, 15) is 9.59 Å². The number of carbonyl (C=O) groups is 2. The first-order valence-electron chi connectivity index (χ1n) is 10.8. The first-order valence-corrected chi connectivity index (χ1v) is 10.8. The average molecular weight is 506 g/mol. The van der Waals surface area contributed by atoms with Crippen LogP contribution in [0.5, 0.6) is 11.5 Å². The van der Waals surface area contributed by atoms with Crippen LogP contribution in [0.2, 0.25) is 0 Å². The molecule has 35 heavy (non-hydrogen) atoms. The van der Waals surface area contributed by atoms with E-state index >= 15 is 0 Å². The van der Waals surface area contributed by atoms with Gasteiger partial charge in [-0.15, -0.1) is 0 Å². The largest absolute Gasteiger partial charge is 2.00 e. The zero-order valence-corrected chi connectivity index (χ0v) is 20.6. The summed E-state index contributed by atoms with van der Waals surface area (Å²) < 4.78 is 10.2. The van der Waals surface area contributed by atoms with Crippen LogP contribution >= 0.6 is 0 Å². The molecule has 2 aromatic carbocycles. The number of allylic oxidation sites excluding steroid dienone is 2. The van der Waals surface area contributed by atoms with Gasteiger partial charge in [-0.1, -0.05) is 36.4 Å². The van der Waals surface area contributed by atoms with E-state index in [0.717, 1.165) is 22.6 Å². The Balaban J connectivity index is 0.000000240. The molecule has 0 amide bonds. The summed E-state index contributed by atoms with van der Waals surface area (Å²) in [6.07, 6.45) is 21.4. The molecule has 0 unspecified atom stereocenters. The summed E-state index contributed by atoms with van der Waals surface area (Å²) in [5, 5.41) is 0. The van der Waals surface area contributed by atoms with E-state index in [0.29, 0.717) is 11.8 Å². The molecule has 2 aliphatic rings. The molecular formula is C30H26FeO4+2. The Morgan fingerprint density at radius 1 is 0.629 bits per heavy atom. The summed E-state index contributed by atoms with van der Waals surface area (Å²) in [7, 11) is 3.25. The normalized spacial score (nSPS) is 16.1. The third-order valence-electron chi connectivity index (χ3n) is 4.94. The van der Waals surface area contributed by atoms with Gasteiger partial charge in [0.05, 0.1) is 26.1 Å². The van der Waals surface area contributed by atoms with Crippen molar-refractivity contribution in [3.63, 3.8) is 0 Å². The van der Waals surface area contributed by atoms with E-state index < -0.39 is 0 Å². The maximum absolute atomic E-state index is 11.7. The number of hydrogen-bond donors (Lipinski definition) is 0. The smallest absolute Gasteiger partial charge is 0.497 e. The Labute approximate surface area is 220 Å². The third kappa shape index (κ3) is 9.51. The minimum Gasteiger partial charge on any atom is -0.497 e. The second-order valence-electron chi connectivity index (χ2n) is 7.30. The monoisotopic (exact) mass is 506 g/mol. The van der Waals surface area contributed by atoms with E-state index in [4.69, 9.17) is 9.47 Å². The van der Waals surface area contributed by atoms with Crippen molar-refractivity contribution < 1.29 is 36.1 Å². The quantitative estimate of drug-likeness (QED) is 0.357. The summed E-state index contributed by atoms with van der Waals surface area (Å²) in [4.78, 5) is 23.4. The molecule has 2 aliphatic carbocycles. The third-order valence-corrected chi connectivity index (χ3v) is 4.94. The van der Waals surface area contributed by atoms with Gasteiger partial charge in [-0.05, 0) is 98.9 Å². The van der Waals surface area contributed by atoms with Gasteiger partial charge in [0, 0.05) is 0 Å². The summed E-state index contributed by atoms with van der Waals surface area (Å²) in [5.74, 6) is 3.02.